The zero-order valence-corrected chi connectivity index (χ0v) is 9.70. The van der Waals surface area contributed by atoms with Crippen LogP contribution in [0.4, 0.5) is 24.5 Å². The standard InChI is InChI=1S/C8H5F3N2O2S2/c9-8(10,11)5-2-1-4(12-7(16)17)3-6(5)13(14)15/h1-3H,(H2,12,16,17). The second-order valence-electron chi connectivity index (χ2n) is 2.92. The summed E-state index contributed by atoms with van der Waals surface area (Å²) in [5.74, 6) is 0. The number of nitrogens with zero attached hydrogens (tertiary/aromatic N) is 1. The number of halogens is 3. The van der Waals surface area contributed by atoms with Crippen LogP contribution in [0, 0.1) is 10.1 Å². The van der Waals surface area contributed by atoms with Crippen molar-refractivity contribution in [1.82, 2.24) is 0 Å². The Morgan fingerprint density at radius 1 is 1.47 bits per heavy atom. The molecule has 0 fully saturated rings. The average molecular weight is 282 g/mol. The summed E-state index contributed by atoms with van der Waals surface area (Å²) < 4.78 is 37.3. The van der Waals surface area contributed by atoms with Crippen LogP contribution in [0.15, 0.2) is 18.2 Å². The summed E-state index contributed by atoms with van der Waals surface area (Å²) >= 11 is 8.26. The predicted molar refractivity (Wildman–Crippen MR) is 63.3 cm³/mol. The first kappa shape index (κ1) is 13.7. The molecule has 0 unspecified atom stereocenters. The Bertz CT molecular complexity index is 476. The number of benzene rings is 1. The molecule has 0 aromatic heterocycles. The molecule has 0 heterocycles. The first-order valence-corrected chi connectivity index (χ1v) is 4.93. The van der Waals surface area contributed by atoms with Gasteiger partial charge in [0.1, 0.15) is 9.88 Å². The van der Waals surface area contributed by atoms with E-state index in [0.29, 0.717) is 6.07 Å². The molecule has 4 nitrogen and oxygen atoms in total. The number of anilines is 1. The molecule has 1 aromatic carbocycles. The van der Waals surface area contributed by atoms with Gasteiger partial charge in [-0.3, -0.25) is 10.1 Å². The minimum absolute atomic E-state index is 0.000873. The molecule has 0 radical (unpaired) electrons. The molecule has 0 bridgehead atoms. The lowest BCUT2D eigenvalue weighted by atomic mass is 10.1. The predicted octanol–water partition coefficient (Wildman–Crippen LogP) is 3.24. The summed E-state index contributed by atoms with van der Waals surface area (Å²) in [6.45, 7) is 0. The van der Waals surface area contributed by atoms with Gasteiger partial charge in [-0.2, -0.15) is 13.2 Å². The highest BCUT2D eigenvalue weighted by Gasteiger charge is 2.38. The van der Waals surface area contributed by atoms with E-state index in [-0.39, 0.29) is 10.0 Å². The van der Waals surface area contributed by atoms with Gasteiger partial charge in [-0.25, -0.2) is 0 Å². The summed E-state index contributed by atoms with van der Waals surface area (Å²) in [6, 6.07) is 2.41. The van der Waals surface area contributed by atoms with Crippen molar-refractivity contribution in [1.29, 1.82) is 0 Å². The SMILES string of the molecule is O=[N+]([O-])c1cc(NC(=S)S)ccc1C(F)(F)F. The number of thiol groups is 1. The fraction of sp³-hybridized carbons (Fsp3) is 0.125. The Morgan fingerprint density at radius 2 is 2.06 bits per heavy atom. The monoisotopic (exact) mass is 282 g/mol. The topological polar surface area (TPSA) is 55.2 Å². The van der Waals surface area contributed by atoms with Crippen molar-refractivity contribution in [2.24, 2.45) is 0 Å². The van der Waals surface area contributed by atoms with Crippen LogP contribution >= 0.6 is 24.8 Å². The summed E-state index contributed by atoms with van der Waals surface area (Å²) in [7, 11) is 0. The van der Waals surface area contributed by atoms with Crippen molar-refractivity contribution >= 4 is 40.5 Å². The van der Waals surface area contributed by atoms with Gasteiger partial charge in [0, 0.05) is 11.8 Å². The quantitative estimate of drug-likeness (QED) is 0.378. The Balaban J connectivity index is 3.27. The summed E-state index contributed by atoms with van der Waals surface area (Å²) in [5, 5.41) is 12.9. The van der Waals surface area contributed by atoms with E-state index in [4.69, 9.17) is 0 Å². The van der Waals surface area contributed by atoms with Crippen molar-refractivity contribution in [2.45, 2.75) is 6.18 Å². The largest absolute Gasteiger partial charge is 0.423 e. The molecular weight excluding hydrogens is 277 g/mol. The number of hydrogen-bond acceptors (Lipinski definition) is 3. The molecule has 0 amide bonds. The maximum absolute atomic E-state index is 12.4. The lowest BCUT2D eigenvalue weighted by Gasteiger charge is -2.09. The van der Waals surface area contributed by atoms with E-state index in [1.54, 1.807) is 0 Å². The zero-order valence-electron chi connectivity index (χ0n) is 7.99. The molecule has 0 saturated carbocycles. The van der Waals surface area contributed by atoms with Gasteiger partial charge in [-0.05, 0) is 12.1 Å². The van der Waals surface area contributed by atoms with Gasteiger partial charge >= 0.3 is 6.18 Å². The highest BCUT2D eigenvalue weighted by molar-refractivity contribution is 8.11. The van der Waals surface area contributed by atoms with E-state index in [1.807, 2.05) is 0 Å². The third-order valence-corrected chi connectivity index (χ3v) is 1.96. The fourth-order valence-corrected chi connectivity index (χ4v) is 1.37. The normalized spacial score (nSPS) is 11.1. The highest BCUT2D eigenvalue weighted by atomic mass is 32.1. The van der Waals surface area contributed by atoms with Gasteiger partial charge in [0.05, 0.1) is 4.92 Å². The molecule has 17 heavy (non-hydrogen) atoms. The van der Waals surface area contributed by atoms with Gasteiger partial charge in [0.2, 0.25) is 0 Å². The van der Waals surface area contributed by atoms with Gasteiger partial charge in [0.15, 0.2) is 0 Å². The second-order valence-corrected chi connectivity index (χ2v) is 4.07. The number of nitro benzene ring substituents is 1. The number of alkyl halides is 3. The van der Waals surface area contributed by atoms with Crippen LogP contribution in [0.2, 0.25) is 0 Å². The lowest BCUT2D eigenvalue weighted by Crippen LogP contribution is -2.10. The van der Waals surface area contributed by atoms with Crippen molar-refractivity contribution in [3.05, 3.63) is 33.9 Å². The van der Waals surface area contributed by atoms with Gasteiger partial charge in [0.25, 0.3) is 5.69 Å². The minimum atomic E-state index is -4.78. The van der Waals surface area contributed by atoms with Crippen LogP contribution in [-0.4, -0.2) is 9.24 Å². The van der Waals surface area contributed by atoms with Crippen LogP contribution in [0.1, 0.15) is 5.56 Å². The average Bonchev–Trinajstić information content (AvgIpc) is 2.14. The Hall–Kier alpha value is -1.35. The van der Waals surface area contributed by atoms with Gasteiger partial charge in [-0.15, -0.1) is 12.6 Å². The molecule has 92 valence electrons. The lowest BCUT2D eigenvalue weighted by molar-refractivity contribution is -0.388. The van der Waals surface area contributed by atoms with Crippen molar-refractivity contribution in [3.8, 4) is 0 Å². The van der Waals surface area contributed by atoms with E-state index < -0.39 is 22.4 Å². The molecule has 1 aromatic rings. The Kier molecular flexibility index (Phi) is 3.94. The molecule has 0 aliphatic heterocycles. The summed E-state index contributed by atoms with van der Waals surface area (Å²) in [4.78, 5) is 9.43. The third kappa shape index (κ3) is 3.56. The Labute approximate surface area is 104 Å². The van der Waals surface area contributed by atoms with Gasteiger partial charge < -0.3 is 5.32 Å². The molecule has 9 heteroatoms. The second kappa shape index (κ2) is 4.88. The molecule has 0 spiro atoms. The number of hydrogen-bond donors (Lipinski definition) is 2. The summed E-state index contributed by atoms with van der Waals surface area (Å²) in [5.41, 5.74) is -2.27. The molecule has 1 rings (SSSR count). The van der Waals surface area contributed by atoms with Crippen LogP contribution in [-0.2, 0) is 6.18 Å². The zero-order chi connectivity index (χ0) is 13.2. The van der Waals surface area contributed by atoms with E-state index in [2.05, 4.69) is 30.2 Å². The molecule has 0 saturated heterocycles. The highest BCUT2D eigenvalue weighted by Crippen LogP contribution is 2.37. The van der Waals surface area contributed by atoms with Crippen LogP contribution < -0.4 is 5.32 Å². The van der Waals surface area contributed by atoms with Crippen molar-refractivity contribution < 1.29 is 18.1 Å². The van der Waals surface area contributed by atoms with E-state index in [1.165, 1.54) is 0 Å². The molecular formula is C8H5F3N2O2S2. The molecule has 1 N–H and O–H groups in total. The Morgan fingerprint density at radius 3 is 2.47 bits per heavy atom. The smallest absolute Gasteiger partial charge is 0.341 e. The van der Waals surface area contributed by atoms with E-state index >= 15 is 0 Å². The molecule has 0 atom stereocenters. The minimum Gasteiger partial charge on any atom is -0.341 e. The maximum Gasteiger partial charge on any atom is 0.423 e. The van der Waals surface area contributed by atoms with E-state index in [0.717, 1.165) is 12.1 Å². The van der Waals surface area contributed by atoms with Crippen molar-refractivity contribution in [3.63, 3.8) is 0 Å². The number of thiocarbonyl (C=S) groups is 1. The van der Waals surface area contributed by atoms with Crippen LogP contribution in [0.5, 0.6) is 0 Å². The third-order valence-electron chi connectivity index (χ3n) is 1.75. The molecule has 0 aliphatic rings. The first-order chi connectivity index (χ1) is 7.71. The maximum atomic E-state index is 12.4. The fourth-order valence-electron chi connectivity index (χ4n) is 1.12. The van der Waals surface area contributed by atoms with Crippen LogP contribution in [0.3, 0.4) is 0 Å². The van der Waals surface area contributed by atoms with Crippen molar-refractivity contribution in [2.75, 3.05) is 5.32 Å². The first-order valence-electron chi connectivity index (χ1n) is 4.07. The molecule has 0 aliphatic carbocycles. The van der Waals surface area contributed by atoms with E-state index in [9.17, 15) is 23.3 Å². The van der Waals surface area contributed by atoms with Crippen LogP contribution in [0.25, 0.3) is 0 Å². The number of nitro groups is 1. The summed E-state index contributed by atoms with van der Waals surface area (Å²) in [6.07, 6.45) is -4.78. The number of nitrogens with one attached hydrogen (secondary N) is 1. The van der Waals surface area contributed by atoms with Gasteiger partial charge in [-0.1, -0.05) is 12.2 Å². The number of rotatable bonds is 2.